The summed E-state index contributed by atoms with van der Waals surface area (Å²) in [4.78, 5) is 25.5. The molecule has 0 aromatic rings. The van der Waals surface area contributed by atoms with Crippen molar-refractivity contribution in [1.29, 1.82) is 0 Å². The Hall–Kier alpha value is -1.50. The highest BCUT2D eigenvalue weighted by Gasteiger charge is 2.00. The first-order chi connectivity index (χ1) is 8.20. The van der Waals surface area contributed by atoms with Crippen molar-refractivity contribution in [3.8, 4) is 0 Å². The lowest BCUT2D eigenvalue weighted by molar-refractivity contribution is -0.125. The number of urea groups is 1. The summed E-state index contributed by atoms with van der Waals surface area (Å²) >= 11 is 4.33. The standard InChI is InChI=1S/C9H16N4O3S/c1-2-11-8(14)5-16-4-3-12-9(15)13-6-10-7-17/h2-6H2,1H3,(H,11,14)(H2,12,13,15). The Morgan fingerprint density at radius 3 is 2.76 bits per heavy atom. The van der Waals surface area contributed by atoms with E-state index in [1.165, 1.54) is 0 Å². The predicted octanol–water partition coefficient (Wildman–Crippen LogP) is -0.501. The van der Waals surface area contributed by atoms with E-state index in [2.05, 4.69) is 38.3 Å². The highest BCUT2D eigenvalue weighted by molar-refractivity contribution is 7.78. The molecule has 0 heterocycles. The molecule has 0 atom stereocenters. The highest BCUT2D eigenvalue weighted by Crippen LogP contribution is 1.75. The maximum atomic E-state index is 11.0. The van der Waals surface area contributed by atoms with Crippen LogP contribution in [0.5, 0.6) is 0 Å². The molecule has 0 aliphatic rings. The van der Waals surface area contributed by atoms with Gasteiger partial charge in [-0.25, -0.2) is 9.79 Å². The minimum absolute atomic E-state index is 0.00760. The summed E-state index contributed by atoms with van der Waals surface area (Å²) in [6, 6.07) is -0.374. The molecule has 0 spiro atoms. The van der Waals surface area contributed by atoms with E-state index in [1.807, 2.05) is 6.92 Å². The average molecular weight is 260 g/mol. The molecule has 8 heteroatoms. The lowest BCUT2D eigenvalue weighted by Crippen LogP contribution is -2.37. The van der Waals surface area contributed by atoms with E-state index in [4.69, 9.17) is 4.74 Å². The number of thiocarbonyl (C=S) groups is 1. The molecule has 0 aromatic heterocycles. The fourth-order valence-corrected chi connectivity index (χ4v) is 0.920. The van der Waals surface area contributed by atoms with Gasteiger partial charge in [0.05, 0.1) is 11.8 Å². The van der Waals surface area contributed by atoms with Crippen LogP contribution in [0.3, 0.4) is 0 Å². The zero-order chi connectivity index (χ0) is 12.9. The van der Waals surface area contributed by atoms with Crippen LogP contribution in [-0.2, 0) is 9.53 Å². The molecule has 0 unspecified atom stereocenters. The van der Waals surface area contributed by atoms with E-state index in [1.54, 1.807) is 0 Å². The van der Waals surface area contributed by atoms with Crippen LogP contribution in [0, 0.1) is 0 Å². The van der Waals surface area contributed by atoms with Gasteiger partial charge < -0.3 is 20.7 Å². The number of aliphatic imine (C=N–C) groups is 1. The van der Waals surface area contributed by atoms with E-state index >= 15 is 0 Å². The number of amides is 3. The first-order valence-corrected chi connectivity index (χ1v) is 5.51. The summed E-state index contributed by atoms with van der Waals surface area (Å²) in [5, 5.41) is 9.65. The number of nitrogens with one attached hydrogen (secondary N) is 3. The molecule has 0 rings (SSSR count). The van der Waals surface area contributed by atoms with Gasteiger partial charge in [-0.05, 0) is 19.1 Å². The molecule has 0 aliphatic heterocycles. The first-order valence-electron chi connectivity index (χ1n) is 5.10. The van der Waals surface area contributed by atoms with Crippen molar-refractivity contribution >= 4 is 29.3 Å². The van der Waals surface area contributed by atoms with Crippen LogP contribution in [0.15, 0.2) is 4.99 Å². The van der Waals surface area contributed by atoms with Gasteiger partial charge >= 0.3 is 6.03 Å². The molecule has 0 bridgehead atoms. The molecular formula is C9H16N4O3S. The third kappa shape index (κ3) is 10.8. The molecule has 0 saturated carbocycles. The summed E-state index contributed by atoms with van der Waals surface area (Å²) in [6.45, 7) is 3.06. The van der Waals surface area contributed by atoms with Gasteiger partial charge in [-0.2, -0.15) is 0 Å². The molecule has 3 N–H and O–H groups in total. The smallest absolute Gasteiger partial charge is 0.316 e. The minimum atomic E-state index is -0.374. The number of likely N-dealkylation sites (N-methyl/N-ethyl adjacent to an activating group) is 1. The summed E-state index contributed by atoms with van der Waals surface area (Å²) < 4.78 is 5.02. The van der Waals surface area contributed by atoms with Crippen LogP contribution >= 0.6 is 12.2 Å². The zero-order valence-corrected chi connectivity index (χ0v) is 10.4. The van der Waals surface area contributed by atoms with E-state index in [9.17, 15) is 9.59 Å². The topological polar surface area (TPSA) is 91.8 Å². The molecule has 0 aromatic carbocycles. The minimum Gasteiger partial charge on any atom is -0.370 e. The van der Waals surface area contributed by atoms with Crippen molar-refractivity contribution in [3.63, 3.8) is 0 Å². The number of isothiocyanates is 1. The summed E-state index contributed by atoms with van der Waals surface area (Å²) in [6.07, 6.45) is 0. The van der Waals surface area contributed by atoms with Crippen molar-refractivity contribution in [2.45, 2.75) is 6.92 Å². The van der Waals surface area contributed by atoms with Gasteiger partial charge in [0, 0.05) is 13.1 Å². The van der Waals surface area contributed by atoms with Crippen LogP contribution in [0.4, 0.5) is 4.79 Å². The number of carbonyl (C=O) groups excluding carboxylic acids is 2. The van der Waals surface area contributed by atoms with Crippen LogP contribution < -0.4 is 16.0 Å². The number of hydrogen-bond donors (Lipinski definition) is 3. The summed E-state index contributed by atoms with van der Waals surface area (Å²) in [5.41, 5.74) is 0. The van der Waals surface area contributed by atoms with E-state index in [0.717, 1.165) is 0 Å². The Bertz CT molecular complexity index is 292. The second kappa shape index (κ2) is 11.0. The van der Waals surface area contributed by atoms with Gasteiger partial charge in [0.2, 0.25) is 5.91 Å². The Kier molecular flexibility index (Phi) is 10.0. The third-order valence-electron chi connectivity index (χ3n) is 1.52. The van der Waals surface area contributed by atoms with Gasteiger partial charge in [0.25, 0.3) is 0 Å². The van der Waals surface area contributed by atoms with Gasteiger partial charge in [-0.3, -0.25) is 4.79 Å². The van der Waals surface area contributed by atoms with Crippen molar-refractivity contribution < 1.29 is 14.3 Å². The normalized spacial score (nSPS) is 9.00. The fourth-order valence-electron chi connectivity index (χ4n) is 0.856. The number of carbonyl (C=O) groups is 2. The molecule has 0 saturated heterocycles. The van der Waals surface area contributed by atoms with Crippen molar-refractivity contribution in [2.24, 2.45) is 4.99 Å². The number of rotatable bonds is 8. The van der Waals surface area contributed by atoms with E-state index < -0.39 is 0 Å². The predicted molar refractivity (Wildman–Crippen MR) is 65.9 cm³/mol. The molecule has 0 fully saturated rings. The second-order valence-corrected chi connectivity index (χ2v) is 3.03. The molecular weight excluding hydrogens is 244 g/mol. The Morgan fingerprint density at radius 2 is 2.12 bits per heavy atom. The molecule has 96 valence electrons. The summed E-state index contributed by atoms with van der Waals surface area (Å²) in [5.74, 6) is -0.174. The quantitative estimate of drug-likeness (QED) is 0.312. The van der Waals surface area contributed by atoms with Crippen LogP contribution in [0.1, 0.15) is 6.92 Å². The lowest BCUT2D eigenvalue weighted by Gasteiger charge is -2.06. The van der Waals surface area contributed by atoms with Crippen molar-refractivity contribution in [2.75, 3.05) is 33.0 Å². The zero-order valence-electron chi connectivity index (χ0n) is 9.62. The Balaban J connectivity index is 3.35. The molecule has 17 heavy (non-hydrogen) atoms. The number of hydrogen-bond acceptors (Lipinski definition) is 5. The number of ether oxygens (including phenoxy) is 1. The fraction of sp³-hybridized carbons (Fsp3) is 0.667. The first kappa shape index (κ1) is 15.5. The Morgan fingerprint density at radius 1 is 1.35 bits per heavy atom. The highest BCUT2D eigenvalue weighted by atomic mass is 32.1. The summed E-state index contributed by atoms with van der Waals surface area (Å²) in [7, 11) is 0. The molecule has 7 nitrogen and oxygen atoms in total. The van der Waals surface area contributed by atoms with Crippen LogP contribution in [0.25, 0.3) is 0 Å². The van der Waals surface area contributed by atoms with E-state index in [-0.39, 0.29) is 31.8 Å². The second-order valence-electron chi connectivity index (χ2n) is 2.85. The van der Waals surface area contributed by atoms with Gasteiger partial charge in [0.1, 0.15) is 13.3 Å². The van der Waals surface area contributed by atoms with Gasteiger partial charge in [0.15, 0.2) is 0 Å². The van der Waals surface area contributed by atoms with Crippen LogP contribution in [0.2, 0.25) is 0 Å². The largest absolute Gasteiger partial charge is 0.370 e. The lowest BCUT2D eigenvalue weighted by atomic mass is 10.6. The van der Waals surface area contributed by atoms with Crippen molar-refractivity contribution in [1.82, 2.24) is 16.0 Å². The van der Waals surface area contributed by atoms with Gasteiger partial charge in [-0.15, -0.1) is 0 Å². The number of nitrogens with zero attached hydrogens (tertiary/aromatic N) is 1. The third-order valence-corrected chi connectivity index (χ3v) is 1.65. The molecule has 3 amide bonds. The maximum Gasteiger partial charge on any atom is 0.316 e. The molecule has 0 radical (unpaired) electrons. The SMILES string of the molecule is CCNC(=O)COCCNC(=O)NCN=C=S. The monoisotopic (exact) mass is 260 g/mol. The van der Waals surface area contributed by atoms with Gasteiger partial charge in [-0.1, -0.05) is 0 Å². The maximum absolute atomic E-state index is 11.0. The average Bonchev–Trinajstić information content (AvgIpc) is 2.29. The Labute approximate surface area is 105 Å². The van der Waals surface area contributed by atoms with Crippen LogP contribution in [-0.4, -0.2) is 50.1 Å². The molecule has 0 aliphatic carbocycles. The van der Waals surface area contributed by atoms with E-state index in [0.29, 0.717) is 13.1 Å². The van der Waals surface area contributed by atoms with Crippen molar-refractivity contribution in [3.05, 3.63) is 0 Å².